The smallest absolute Gasteiger partial charge is 0.226 e. The standard InChI is InChI=1S/C14H26N2O/c1-9(2)12(15)7-8-16(3)14(17)13-10-5-4-6-11(10)13/h9-13H,4-8,15H2,1-3H3. The van der Waals surface area contributed by atoms with Gasteiger partial charge in [-0.1, -0.05) is 20.3 Å². The van der Waals surface area contributed by atoms with Crippen molar-refractivity contribution in [1.82, 2.24) is 4.90 Å². The molecule has 98 valence electrons. The summed E-state index contributed by atoms with van der Waals surface area (Å²) in [5, 5.41) is 0. The maximum Gasteiger partial charge on any atom is 0.226 e. The molecule has 0 radical (unpaired) electrons. The van der Waals surface area contributed by atoms with Gasteiger partial charge in [-0.05, 0) is 37.0 Å². The second kappa shape index (κ2) is 4.97. The van der Waals surface area contributed by atoms with Gasteiger partial charge >= 0.3 is 0 Å². The van der Waals surface area contributed by atoms with Gasteiger partial charge in [-0.15, -0.1) is 0 Å². The van der Waals surface area contributed by atoms with E-state index in [9.17, 15) is 4.79 Å². The Morgan fingerprint density at radius 3 is 2.47 bits per heavy atom. The summed E-state index contributed by atoms with van der Waals surface area (Å²) in [6, 6.07) is 0.212. The minimum atomic E-state index is 0.212. The number of nitrogens with two attached hydrogens (primary N) is 1. The largest absolute Gasteiger partial charge is 0.345 e. The van der Waals surface area contributed by atoms with Crippen LogP contribution in [0.25, 0.3) is 0 Å². The summed E-state index contributed by atoms with van der Waals surface area (Å²) in [4.78, 5) is 14.1. The maximum atomic E-state index is 12.2. The van der Waals surface area contributed by atoms with Gasteiger partial charge < -0.3 is 10.6 Å². The molecule has 3 atom stereocenters. The number of hydrogen-bond donors (Lipinski definition) is 1. The van der Waals surface area contributed by atoms with Crippen LogP contribution < -0.4 is 5.73 Å². The summed E-state index contributed by atoms with van der Waals surface area (Å²) in [7, 11) is 1.93. The highest BCUT2D eigenvalue weighted by molar-refractivity contribution is 5.82. The highest BCUT2D eigenvalue weighted by Crippen LogP contribution is 2.57. The summed E-state index contributed by atoms with van der Waals surface area (Å²) in [6.07, 6.45) is 4.81. The number of carbonyl (C=O) groups is 1. The van der Waals surface area contributed by atoms with Crippen molar-refractivity contribution < 1.29 is 4.79 Å². The SMILES string of the molecule is CC(C)C(N)CCN(C)C(=O)C1C2CCCC21. The predicted octanol–water partition coefficient (Wildman–Crippen LogP) is 1.86. The lowest BCUT2D eigenvalue weighted by molar-refractivity contribution is -0.132. The molecule has 0 aromatic carbocycles. The number of amides is 1. The molecule has 0 bridgehead atoms. The molecule has 3 nitrogen and oxygen atoms in total. The van der Waals surface area contributed by atoms with Crippen LogP contribution in [0.15, 0.2) is 0 Å². The first kappa shape index (κ1) is 12.9. The third-order valence-corrected chi connectivity index (χ3v) is 4.72. The van der Waals surface area contributed by atoms with Crippen LogP contribution in [-0.2, 0) is 4.79 Å². The maximum absolute atomic E-state index is 12.2. The van der Waals surface area contributed by atoms with Crippen molar-refractivity contribution >= 4 is 5.91 Å². The lowest BCUT2D eigenvalue weighted by Crippen LogP contribution is -2.35. The van der Waals surface area contributed by atoms with Crippen molar-refractivity contribution in [3.63, 3.8) is 0 Å². The summed E-state index contributed by atoms with van der Waals surface area (Å²) < 4.78 is 0. The molecule has 2 aliphatic rings. The van der Waals surface area contributed by atoms with Gasteiger partial charge in [0.25, 0.3) is 0 Å². The van der Waals surface area contributed by atoms with Crippen LogP contribution in [0.2, 0.25) is 0 Å². The van der Waals surface area contributed by atoms with Gasteiger partial charge in [-0.3, -0.25) is 4.79 Å². The molecular weight excluding hydrogens is 212 g/mol. The van der Waals surface area contributed by atoms with E-state index in [-0.39, 0.29) is 6.04 Å². The average molecular weight is 238 g/mol. The summed E-state index contributed by atoms with van der Waals surface area (Å²) in [5.74, 6) is 2.69. The Morgan fingerprint density at radius 1 is 1.35 bits per heavy atom. The molecule has 0 heterocycles. The van der Waals surface area contributed by atoms with Crippen LogP contribution in [0.1, 0.15) is 39.5 Å². The summed E-state index contributed by atoms with van der Waals surface area (Å²) >= 11 is 0. The molecule has 3 unspecified atom stereocenters. The van der Waals surface area contributed by atoms with E-state index in [1.165, 1.54) is 19.3 Å². The van der Waals surface area contributed by atoms with Gasteiger partial charge in [-0.25, -0.2) is 0 Å². The molecule has 0 aromatic rings. The Hall–Kier alpha value is -0.570. The molecule has 0 spiro atoms. The first-order valence-corrected chi connectivity index (χ1v) is 7.03. The molecule has 1 amide bonds. The van der Waals surface area contributed by atoms with E-state index in [4.69, 9.17) is 5.73 Å². The van der Waals surface area contributed by atoms with Gasteiger partial charge in [0.1, 0.15) is 0 Å². The van der Waals surface area contributed by atoms with E-state index in [0.717, 1.165) is 24.8 Å². The van der Waals surface area contributed by atoms with Crippen molar-refractivity contribution in [3.8, 4) is 0 Å². The Balaban J connectivity index is 1.73. The minimum Gasteiger partial charge on any atom is -0.345 e. The molecule has 2 saturated carbocycles. The van der Waals surface area contributed by atoms with E-state index in [1.54, 1.807) is 0 Å². The Bertz CT molecular complexity index is 280. The second-order valence-corrected chi connectivity index (χ2v) is 6.24. The van der Waals surface area contributed by atoms with Gasteiger partial charge in [0, 0.05) is 25.6 Å². The van der Waals surface area contributed by atoms with E-state index < -0.39 is 0 Å². The molecule has 17 heavy (non-hydrogen) atoms. The monoisotopic (exact) mass is 238 g/mol. The first-order chi connectivity index (χ1) is 8.02. The van der Waals surface area contributed by atoms with Gasteiger partial charge in [0.05, 0.1) is 0 Å². The van der Waals surface area contributed by atoms with E-state index in [2.05, 4.69) is 13.8 Å². The zero-order chi connectivity index (χ0) is 12.6. The van der Waals surface area contributed by atoms with Crippen molar-refractivity contribution in [3.05, 3.63) is 0 Å². The lowest BCUT2D eigenvalue weighted by Gasteiger charge is -2.22. The molecular formula is C14H26N2O. The highest BCUT2D eigenvalue weighted by atomic mass is 16.2. The fourth-order valence-electron chi connectivity index (χ4n) is 3.23. The molecule has 2 fully saturated rings. The third kappa shape index (κ3) is 2.65. The van der Waals surface area contributed by atoms with Gasteiger partial charge in [0.2, 0.25) is 5.91 Å². The van der Waals surface area contributed by atoms with E-state index in [1.807, 2.05) is 11.9 Å². The number of nitrogens with zero attached hydrogens (tertiary/aromatic N) is 1. The molecule has 0 saturated heterocycles. The fourth-order valence-corrected chi connectivity index (χ4v) is 3.23. The van der Waals surface area contributed by atoms with Crippen molar-refractivity contribution in [2.45, 2.75) is 45.6 Å². The van der Waals surface area contributed by atoms with Crippen LogP contribution in [-0.4, -0.2) is 30.4 Å². The quantitative estimate of drug-likeness (QED) is 0.794. The summed E-state index contributed by atoms with van der Waals surface area (Å²) in [5.41, 5.74) is 6.01. The number of rotatable bonds is 5. The molecule has 2 N–H and O–H groups in total. The van der Waals surface area contributed by atoms with Crippen LogP contribution in [0, 0.1) is 23.7 Å². The molecule has 2 aliphatic carbocycles. The van der Waals surface area contributed by atoms with Crippen LogP contribution in [0.4, 0.5) is 0 Å². The predicted molar refractivity (Wildman–Crippen MR) is 69.4 cm³/mol. The van der Waals surface area contributed by atoms with E-state index >= 15 is 0 Å². The normalized spacial score (nSPS) is 32.4. The first-order valence-electron chi connectivity index (χ1n) is 7.03. The van der Waals surface area contributed by atoms with E-state index in [0.29, 0.717) is 17.7 Å². The van der Waals surface area contributed by atoms with Crippen LogP contribution in [0.3, 0.4) is 0 Å². The Morgan fingerprint density at radius 2 is 1.94 bits per heavy atom. The minimum absolute atomic E-state index is 0.212. The molecule has 0 aromatic heterocycles. The zero-order valence-electron chi connectivity index (χ0n) is 11.4. The molecule has 3 heteroatoms. The Labute approximate surface area is 105 Å². The van der Waals surface area contributed by atoms with Gasteiger partial charge in [-0.2, -0.15) is 0 Å². The number of carbonyl (C=O) groups excluding carboxylic acids is 1. The molecule has 2 rings (SSSR count). The van der Waals surface area contributed by atoms with Crippen LogP contribution >= 0.6 is 0 Å². The van der Waals surface area contributed by atoms with Crippen molar-refractivity contribution in [2.24, 2.45) is 29.4 Å². The third-order valence-electron chi connectivity index (χ3n) is 4.72. The number of hydrogen-bond acceptors (Lipinski definition) is 2. The highest BCUT2D eigenvalue weighted by Gasteiger charge is 2.57. The Kier molecular flexibility index (Phi) is 3.76. The number of fused-ring (bicyclic) bond motifs is 1. The lowest BCUT2D eigenvalue weighted by atomic mass is 10.0. The van der Waals surface area contributed by atoms with Crippen LogP contribution in [0.5, 0.6) is 0 Å². The van der Waals surface area contributed by atoms with Crippen molar-refractivity contribution in [2.75, 3.05) is 13.6 Å². The average Bonchev–Trinajstić information content (AvgIpc) is 2.77. The second-order valence-electron chi connectivity index (χ2n) is 6.24. The van der Waals surface area contributed by atoms with Gasteiger partial charge in [0.15, 0.2) is 0 Å². The fraction of sp³-hybridized carbons (Fsp3) is 0.929. The zero-order valence-corrected chi connectivity index (χ0v) is 11.4. The topological polar surface area (TPSA) is 46.3 Å². The summed E-state index contributed by atoms with van der Waals surface area (Å²) in [6.45, 7) is 5.09. The molecule has 0 aliphatic heterocycles. The van der Waals surface area contributed by atoms with Crippen molar-refractivity contribution in [1.29, 1.82) is 0 Å².